The van der Waals surface area contributed by atoms with Crippen molar-refractivity contribution in [2.45, 2.75) is 26.2 Å². The van der Waals surface area contributed by atoms with E-state index in [0.29, 0.717) is 0 Å². The number of benzene rings is 1. The van der Waals surface area contributed by atoms with Crippen molar-refractivity contribution in [1.82, 2.24) is 10.2 Å². The van der Waals surface area contributed by atoms with Gasteiger partial charge >= 0.3 is 0 Å². The zero-order chi connectivity index (χ0) is 15.1. The van der Waals surface area contributed by atoms with E-state index in [2.05, 4.69) is 22.3 Å². The number of hydrogen-bond acceptors (Lipinski definition) is 3. The molecule has 0 spiro atoms. The van der Waals surface area contributed by atoms with E-state index in [1.165, 1.54) is 5.56 Å². The third-order valence-corrected chi connectivity index (χ3v) is 4.19. The predicted molar refractivity (Wildman–Crippen MR) is 84.5 cm³/mol. The Morgan fingerprint density at radius 3 is 2.52 bits per heavy atom. The monoisotopic (exact) mass is 290 g/mol. The fourth-order valence-electron chi connectivity index (χ4n) is 2.82. The van der Waals surface area contributed by atoms with E-state index in [1.54, 1.807) is 7.11 Å². The van der Waals surface area contributed by atoms with Gasteiger partial charge in [-0.1, -0.05) is 12.1 Å². The Balaban J connectivity index is 1.72. The van der Waals surface area contributed by atoms with Gasteiger partial charge in [-0.3, -0.25) is 4.79 Å². The molecule has 1 aliphatic rings. The number of nitrogens with one attached hydrogen (secondary N) is 1. The second kappa shape index (κ2) is 8.03. The lowest BCUT2D eigenvalue weighted by molar-refractivity contribution is -0.126. The minimum atomic E-state index is 0.210. The molecule has 21 heavy (non-hydrogen) atoms. The van der Waals surface area contributed by atoms with Gasteiger partial charge in [0.1, 0.15) is 5.75 Å². The van der Waals surface area contributed by atoms with E-state index in [-0.39, 0.29) is 11.8 Å². The van der Waals surface area contributed by atoms with Crippen molar-refractivity contribution in [1.29, 1.82) is 0 Å². The maximum atomic E-state index is 11.8. The molecule has 1 N–H and O–H groups in total. The van der Waals surface area contributed by atoms with Gasteiger partial charge in [-0.25, -0.2) is 0 Å². The molecule has 1 aromatic carbocycles. The third-order valence-electron chi connectivity index (χ3n) is 4.19. The zero-order valence-corrected chi connectivity index (χ0v) is 13.1. The summed E-state index contributed by atoms with van der Waals surface area (Å²) in [5.74, 6) is 1.34. The number of methoxy groups -OCH3 is 1. The van der Waals surface area contributed by atoms with Crippen molar-refractivity contribution in [2.75, 3.05) is 33.3 Å². The van der Waals surface area contributed by atoms with Crippen LogP contribution in [0, 0.1) is 5.92 Å². The number of nitrogens with zero attached hydrogens (tertiary/aromatic N) is 1. The Morgan fingerprint density at radius 2 is 1.95 bits per heavy atom. The lowest BCUT2D eigenvalue weighted by Crippen LogP contribution is -2.41. The topological polar surface area (TPSA) is 41.6 Å². The number of carbonyl (C=O) groups is 1. The molecule has 0 bridgehead atoms. The fraction of sp³-hybridized carbons (Fsp3) is 0.588. The molecule has 0 aromatic heterocycles. The lowest BCUT2D eigenvalue weighted by atomic mass is 9.95. The summed E-state index contributed by atoms with van der Waals surface area (Å²) in [4.78, 5) is 14.3. The first-order chi connectivity index (χ1) is 10.2. The largest absolute Gasteiger partial charge is 0.497 e. The molecule has 1 aromatic rings. The van der Waals surface area contributed by atoms with Crippen molar-refractivity contribution in [3.63, 3.8) is 0 Å². The van der Waals surface area contributed by atoms with Gasteiger partial charge in [0.15, 0.2) is 0 Å². The molecule has 0 unspecified atom stereocenters. The number of rotatable bonds is 6. The van der Waals surface area contributed by atoms with E-state index in [0.717, 1.165) is 51.2 Å². The lowest BCUT2D eigenvalue weighted by Gasteiger charge is -2.31. The number of piperidine rings is 1. The minimum Gasteiger partial charge on any atom is -0.497 e. The molecule has 1 amide bonds. The maximum absolute atomic E-state index is 11.8. The molecule has 1 heterocycles. The summed E-state index contributed by atoms with van der Waals surface area (Å²) in [5.41, 5.74) is 1.33. The van der Waals surface area contributed by atoms with E-state index >= 15 is 0 Å². The first-order valence-corrected chi connectivity index (χ1v) is 7.86. The summed E-state index contributed by atoms with van der Waals surface area (Å²) in [6.45, 7) is 5.82. The van der Waals surface area contributed by atoms with Crippen LogP contribution >= 0.6 is 0 Å². The molecule has 4 heteroatoms. The second-order valence-electron chi connectivity index (χ2n) is 5.61. The molecule has 0 radical (unpaired) electrons. The van der Waals surface area contributed by atoms with E-state index in [9.17, 15) is 4.79 Å². The summed E-state index contributed by atoms with van der Waals surface area (Å²) in [6.07, 6.45) is 3.01. The predicted octanol–water partition coefficient (Wildman–Crippen LogP) is 2.09. The van der Waals surface area contributed by atoms with Gasteiger partial charge in [-0.05, 0) is 57.0 Å². The highest BCUT2D eigenvalue weighted by atomic mass is 16.5. The molecule has 1 fully saturated rings. The Morgan fingerprint density at radius 1 is 1.29 bits per heavy atom. The van der Waals surface area contributed by atoms with Crippen molar-refractivity contribution >= 4 is 5.91 Å². The second-order valence-corrected chi connectivity index (χ2v) is 5.61. The highest BCUT2D eigenvalue weighted by Gasteiger charge is 2.24. The Kier molecular flexibility index (Phi) is 6.05. The fourth-order valence-corrected chi connectivity index (χ4v) is 2.82. The van der Waals surface area contributed by atoms with Crippen LogP contribution in [0.25, 0.3) is 0 Å². The van der Waals surface area contributed by atoms with Crippen LogP contribution in [0.3, 0.4) is 0 Å². The highest BCUT2D eigenvalue weighted by molar-refractivity contribution is 5.78. The molecule has 0 saturated carbocycles. The Hall–Kier alpha value is -1.55. The Bertz CT molecular complexity index is 437. The van der Waals surface area contributed by atoms with Crippen LogP contribution in [0.15, 0.2) is 24.3 Å². The summed E-state index contributed by atoms with van der Waals surface area (Å²) >= 11 is 0. The summed E-state index contributed by atoms with van der Waals surface area (Å²) in [6, 6.07) is 8.27. The highest BCUT2D eigenvalue weighted by Crippen LogP contribution is 2.18. The van der Waals surface area contributed by atoms with E-state index in [4.69, 9.17) is 4.74 Å². The third kappa shape index (κ3) is 4.74. The van der Waals surface area contributed by atoms with Crippen LogP contribution in [0.1, 0.15) is 25.3 Å². The van der Waals surface area contributed by atoms with Gasteiger partial charge in [-0.2, -0.15) is 0 Å². The van der Waals surface area contributed by atoms with Crippen molar-refractivity contribution in [3.05, 3.63) is 29.8 Å². The van der Waals surface area contributed by atoms with E-state index < -0.39 is 0 Å². The average Bonchev–Trinajstić information content (AvgIpc) is 2.54. The molecule has 1 aliphatic heterocycles. The van der Waals surface area contributed by atoms with Crippen molar-refractivity contribution in [3.8, 4) is 5.75 Å². The number of hydrogen-bond donors (Lipinski definition) is 1. The van der Waals surface area contributed by atoms with Gasteiger partial charge < -0.3 is 15.0 Å². The van der Waals surface area contributed by atoms with Gasteiger partial charge in [-0.15, -0.1) is 0 Å². The van der Waals surface area contributed by atoms with Crippen LogP contribution in [0.2, 0.25) is 0 Å². The van der Waals surface area contributed by atoms with Crippen LogP contribution < -0.4 is 10.1 Å². The number of ether oxygens (including phenoxy) is 1. The Labute approximate surface area is 127 Å². The molecule has 0 atom stereocenters. The quantitative estimate of drug-likeness (QED) is 0.872. The standard InChI is InChI=1S/C17H26N2O2/c1-3-18-17(20)15-9-12-19(13-10-15)11-8-14-4-6-16(21-2)7-5-14/h4-7,15H,3,8-13H2,1-2H3,(H,18,20). The molecular formula is C17H26N2O2. The summed E-state index contributed by atoms with van der Waals surface area (Å²) < 4.78 is 5.17. The molecule has 116 valence electrons. The maximum Gasteiger partial charge on any atom is 0.223 e. The molecule has 0 aliphatic carbocycles. The molecule has 4 nitrogen and oxygen atoms in total. The van der Waals surface area contributed by atoms with Gasteiger partial charge in [0.25, 0.3) is 0 Å². The van der Waals surface area contributed by atoms with Gasteiger partial charge in [0.05, 0.1) is 7.11 Å². The van der Waals surface area contributed by atoms with Crippen molar-refractivity contribution in [2.24, 2.45) is 5.92 Å². The van der Waals surface area contributed by atoms with Crippen LogP contribution in [-0.2, 0) is 11.2 Å². The van der Waals surface area contributed by atoms with Gasteiger partial charge in [0.2, 0.25) is 5.91 Å². The molecular weight excluding hydrogens is 264 g/mol. The first kappa shape index (κ1) is 15.8. The van der Waals surface area contributed by atoms with Crippen LogP contribution in [0.4, 0.5) is 0 Å². The first-order valence-electron chi connectivity index (χ1n) is 7.86. The molecule has 2 rings (SSSR count). The SMILES string of the molecule is CCNC(=O)C1CCN(CCc2ccc(OC)cc2)CC1. The molecule has 1 saturated heterocycles. The smallest absolute Gasteiger partial charge is 0.223 e. The van der Waals surface area contributed by atoms with Gasteiger partial charge in [0, 0.05) is 19.0 Å². The summed E-state index contributed by atoms with van der Waals surface area (Å²) in [5, 5.41) is 2.93. The number of likely N-dealkylation sites (tertiary alicyclic amines) is 1. The van der Waals surface area contributed by atoms with Crippen LogP contribution in [-0.4, -0.2) is 44.1 Å². The average molecular weight is 290 g/mol. The normalized spacial score (nSPS) is 16.7. The van der Waals surface area contributed by atoms with Crippen molar-refractivity contribution < 1.29 is 9.53 Å². The number of amides is 1. The van der Waals surface area contributed by atoms with Crippen LogP contribution in [0.5, 0.6) is 5.75 Å². The minimum absolute atomic E-state index is 0.210. The summed E-state index contributed by atoms with van der Waals surface area (Å²) in [7, 11) is 1.69. The number of carbonyl (C=O) groups excluding carboxylic acids is 1. The zero-order valence-electron chi connectivity index (χ0n) is 13.1. The van der Waals surface area contributed by atoms with E-state index in [1.807, 2.05) is 19.1 Å².